The molecule has 0 saturated heterocycles. The molecule has 0 unspecified atom stereocenters. The van der Waals surface area contributed by atoms with E-state index in [1.54, 1.807) is 24.3 Å². The van der Waals surface area contributed by atoms with Crippen molar-refractivity contribution in [3.63, 3.8) is 0 Å². The Bertz CT molecular complexity index is 1720. The molecule has 0 atom stereocenters. The molecule has 6 rings (SSSR count). The molecular weight excluding hydrogens is 504 g/mol. The van der Waals surface area contributed by atoms with Crippen LogP contribution in [0.2, 0.25) is 0 Å². The molecule has 0 aromatic heterocycles. The van der Waals surface area contributed by atoms with Gasteiger partial charge in [-0.15, -0.1) is 0 Å². The zero-order valence-corrected chi connectivity index (χ0v) is 22.4. The van der Waals surface area contributed by atoms with Crippen molar-refractivity contribution in [3.05, 3.63) is 128 Å². The van der Waals surface area contributed by atoms with Gasteiger partial charge in [0.05, 0.1) is 33.6 Å². The second-order valence-corrected chi connectivity index (χ2v) is 10.2. The third kappa shape index (κ3) is 3.55. The van der Waals surface area contributed by atoms with Gasteiger partial charge in [0.25, 0.3) is 23.6 Å². The lowest BCUT2D eigenvalue weighted by atomic mass is 9.96. The van der Waals surface area contributed by atoms with Crippen molar-refractivity contribution in [2.45, 2.75) is 27.7 Å². The van der Waals surface area contributed by atoms with Crippen LogP contribution in [-0.4, -0.2) is 29.4 Å². The minimum Gasteiger partial charge on any atom is -0.289 e. The van der Waals surface area contributed by atoms with Gasteiger partial charge in [0, 0.05) is 11.1 Å². The molecule has 4 aromatic rings. The summed E-state index contributed by atoms with van der Waals surface area (Å²) in [4.78, 5) is 68.8. The number of imide groups is 2. The Kier molecular flexibility index (Phi) is 5.62. The molecule has 0 spiro atoms. The van der Waals surface area contributed by atoms with Crippen molar-refractivity contribution in [1.29, 1.82) is 0 Å². The minimum absolute atomic E-state index is 0.144. The van der Waals surface area contributed by atoms with Crippen molar-refractivity contribution in [2.75, 3.05) is 9.80 Å². The number of ketones is 1. The van der Waals surface area contributed by atoms with Crippen LogP contribution in [0.4, 0.5) is 11.4 Å². The highest BCUT2D eigenvalue weighted by atomic mass is 16.2. The monoisotopic (exact) mass is 528 g/mol. The van der Waals surface area contributed by atoms with Gasteiger partial charge in [0.1, 0.15) is 0 Å². The summed E-state index contributed by atoms with van der Waals surface area (Å²) < 4.78 is 0. The summed E-state index contributed by atoms with van der Waals surface area (Å²) in [6.07, 6.45) is 0. The molecule has 40 heavy (non-hydrogen) atoms. The number of hydrogen-bond donors (Lipinski definition) is 0. The standard InChI is InChI=1S/C33H24N2O5/c1-17-7-5-9-27(19(17)3)34-30(37)23-13-11-21(15-25(23)32(34)39)29(36)22-12-14-24-26(16-22)33(40)35(31(24)38)28-10-6-8-18(2)20(28)4/h5-16H,1-4H3. The molecule has 2 heterocycles. The van der Waals surface area contributed by atoms with E-state index < -0.39 is 29.4 Å². The Morgan fingerprint density at radius 2 is 0.875 bits per heavy atom. The third-order valence-electron chi connectivity index (χ3n) is 7.93. The Labute approximate surface area is 230 Å². The summed E-state index contributed by atoms with van der Waals surface area (Å²) in [6.45, 7) is 7.52. The van der Waals surface area contributed by atoms with Crippen LogP contribution >= 0.6 is 0 Å². The van der Waals surface area contributed by atoms with E-state index in [1.165, 1.54) is 36.4 Å². The average Bonchev–Trinajstić information content (AvgIpc) is 3.35. The zero-order valence-electron chi connectivity index (χ0n) is 22.4. The van der Waals surface area contributed by atoms with Crippen molar-refractivity contribution in [1.82, 2.24) is 0 Å². The molecule has 2 aliphatic rings. The predicted molar refractivity (Wildman–Crippen MR) is 150 cm³/mol. The first-order valence-corrected chi connectivity index (χ1v) is 12.8. The van der Waals surface area contributed by atoms with Crippen LogP contribution < -0.4 is 9.80 Å². The summed E-state index contributed by atoms with van der Waals surface area (Å²) in [7, 11) is 0. The van der Waals surface area contributed by atoms with Gasteiger partial charge in [0.15, 0.2) is 5.78 Å². The third-order valence-corrected chi connectivity index (χ3v) is 7.93. The maximum absolute atomic E-state index is 13.5. The Morgan fingerprint density at radius 1 is 0.500 bits per heavy atom. The lowest BCUT2D eigenvalue weighted by molar-refractivity contribution is 0.0910. The molecule has 0 aliphatic carbocycles. The van der Waals surface area contributed by atoms with Crippen molar-refractivity contribution in [2.24, 2.45) is 0 Å². The van der Waals surface area contributed by atoms with Gasteiger partial charge in [-0.1, -0.05) is 36.4 Å². The molecular formula is C33H24N2O5. The van der Waals surface area contributed by atoms with E-state index in [4.69, 9.17) is 0 Å². The van der Waals surface area contributed by atoms with E-state index in [1.807, 2.05) is 39.8 Å². The van der Waals surface area contributed by atoms with Crippen LogP contribution in [0.15, 0.2) is 72.8 Å². The van der Waals surface area contributed by atoms with E-state index in [0.717, 1.165) is 32.1 Å². The molecule has 0 saturated carbocycles. The normalized spacial score (nSPS) is 14.2. The van der Waals surface area contributed by atoms with E-state index >= 15 is 0 Å². The first-order chi connectivity index (χ1) is 19.1. The molecule has 0 bridgehead atoms. The fourth-order valence-electron chi connectivity index (χ4n) is 5.32. The molecule has 0 radical (unpaired) electrons. The second-order valence-electron chi connectivity index (χ2n) is 10.2. The van der Waals surface area contributed by atoms with Gasteiger partial charge in [-0.05, 0) is 86.3 Å². The quantitative estimate of drug-likeness (QED) is 0.248. The van der Waals surface area contributed by atoms with Gasteiger partial charge in [0.2, 0.25) is 0 Å². The summed E-state index contributed by atoms with van der Waals surface area (Å²) in [5.41, 5.74) is 5.69. The summed E-state index contributed by atoms with van der Waals surface area (Å²) in [5.74, 6) is -2.31. The van der Waals surface area contributed by atoms with Gasteiger partial charge in [-0.25, -0.2) is 9.80 Å². The summed E-state index contributed by atoms with van der Waals surface area (Å²) in [6, 6.07) is 19.7. The summed E-state index contributed by atoms with van der Waals surface area (Å²) in [5, 5.41) is 0. The van der Waals surface area contributed by atoms with Crippen molar-refractivity contribution < 1.29 is 24.0 Å². The van der Waals surface area contributed by atoms with E-state index in [2.05, 4.69) is 0 Å². The smallest absolute Gasteiger partial charge is 0.266 e. The molecule has 7 heteroatoms. The number of carbonyl (C=O) groups is 5. The number of nitrogens with zero attached hydrogens (tertiary/aromatic N) is 2. The molecule has 2 aliphatic heterocycles. The predicted octanol–water partition coefficient (Wildman–Crippen LogP) is 5.75. The fraction of sp³-hybridized carbons (Fsp3) is 0.121. The summed E-state index contributed by atoms with van der Waals surface area (Å²) >= 11 is 0. The largest absolute Gasteiger partial charge is 0.289 e. The lowest BCUT2D eigenvalue weighted by Gasteiger charge is -2.17. The number of fused-ring (bicyclic) bond motifs is 2. The van der Waals surface area contributed by atoms with E-state index in [9.17, 15) is 24.0 Å². The van der Waals surface area contributed by atoms with Crippen LogP contribution in [0.25, 0.3) is 0 Å². The van der Waals surface area contributed by atoms with Gasteiger partial charge < -0.3 is 0 Å². The van der Waals surface area contributed by atoms with Crippen LogP contribution in [0.5, 0.6) is 0 Å². The maximum Gasteiger partial charge on any atom is 0.266 e. The second kappa shape index (κ2) is 8.95. The zero-order chi connectivity index (χ0) is 28.5. The number of anilines is 2. The Hall–Kier alpha value is -5.17. The Morgan fingerprint density at radius 3 is 1.27 bits per heavy atom. The van der Waals surface area contributed by atoms with Crippen LogP contribution in [0.3, 0.4) is 0 Å². The number of rotatable bonds is 4. The number of benzene rings is 4. The minimum atomic E-state index is -0.498. The first kappa shape index (κ1) is 25.1. The average molecular weight is 529 g/mol. The van der Waals surface area contributed by atoms with Crippen LogP contribution in [-0.2, 0) is 0 Å². The number of aryl methyl sites for hydroxylation is 2. The number of carbonyl (C=O) groups excluding carboxylic acids is 5. The number of amides is 4. The van der Waals surface area contributed by atoms with Gasteiger partial charge >= 0.3 is 0 Å². The highest BCUT2D eigenvalue weighted by molar-refractivity contribution is 6.36. The van der Waals surface area contributed by atoms with Gasteiger partial charge in [-0.2, -0.15) is 0 Å². The topological polar surface area (TPSA) is 91.8 Å². The van der Waals surface area contributed by atoms with Crippen LogP contribution in [0.1, 0.15) is 79.6 Å². The maximum atomic E-state index is 13.5. The van der Waals surface area contributed by atoms with Crippen molar-refractivity contribution >= 4 is 40.8 Å². The molecule has 196 valence electrons. The molecule has 7 nitrogen and oxygen atoms in total. The Balaban J connectivity index is 1.33. The van der Waals surface area contributed by atoms with Gasteiger partial charge in [-0.3, -0.25) is 24.0 Å². The number of hydrogen-bond acceptors (Lipinski definition) is 5. The molecule has 0 fully saturated rings. The molecule has 4 amide bonds. The SMILES string of the molecule is Cc1cccc(N2C(=O)c3ccc(C(=O)c4ccc5c(c4)C(=O)N(c4cccc(C)c4C)C5=O)cc3C2=O)c1C. The first-order valence-electron chi connectivity index (χ1n) is 12.8. The van der Waals surface area contributed by atoms with E-state index in [-0.39, 0.29) is 33.4 Å². The highest BCUT2D eigenvalue weighted by Crippen LogP contribution is 2.34. The molecule has 0 N–H and O–H groups in total. The highest BCUT2D eigenvalue weighted by Gasteiger charge is 2.39. The van der Waals surface area contributed by atoms with E-state index in [0.29, 0.717) is 11.4 Å². The lowest BCUT2D eigenvalue weighted by Crippen LogP contribution is -2.30. The molecule has 4 aromatic carbocycles. The van der Waals surface area contributed by atoms with Crippen molar-refractivity contribution in [3.8, 4) is 0 Å². The fourth-order valence-corrected chi connectivity index (χ4v) is 5.32. The van der Waals surface area contributed by atoms with Crippen LogP contribution in [0, 0.1) is 27.7 Å².